The molecule has 2 atom stereocenters. The van der Waals surface area contributed by atoms with Gasteiger partial charge in [-0.25, -0.2) is 0 Å². The van der Waals surface area contributed by atoms with Crippen LogP contribution in [-0.4, -0.2) is 11.1 Å². The SMILES string of the molecule is CCC1CCCCC1NCc1cccc(CO)c1. The minimum Gasteiger partial charge on any atom is -0.392 e. The first-order chi connectivity index (χ1) is 8.83. The number of hydrogen-bond donors (Lipinski definition) is 2. The quantitative estimate of drug-likeness (QED) is 0.837. The lowest BCUT2D eigenvalue weighted by Gasteiger charge is -2.31. The molecular formula is C16H25NO. The lowest BCUT2D eigenvalue weighted by Crippen LogP contribution is -2.37. The molecule has 1 aromatic rings. The summed E-state index contributed by atoms with van der Waals surface area (Å²) in [6, 6.07) is 8.91. The number of aliphatic hydroxyl groups excluding tert-OH is 1. The summed E-state index contributed by atoms with van der Waals surface area (Å²) in [5.74, 6) is 0.847. The molecular weight excluding hydrogens is 222 g/mol. The van der Waals surface area contributed by atoms with Crippen LogP contribution < -0.4 is 5.32 Å². The van der Waals surface area contributed by atoms with E-state index in [1.165, 1.54) is 37.7 Å². The van der Waals surface area contributed by atoms with E-state index in [1.807, 2.05) is 12.1 Å². The van der Waals surface area contributed by atoms with Crippen molar-refractivity contribution in [2.24, 2.45) is 5.92 Å². The molecule has 100 valence electrons. The fraction of sp³-hybridized carbons (Fsp3) is 0.625. The number of rotatable bonds is 5. The molecule has 0 radical (unpaired) electrons. The van der Waals surface area contributed by atoms with Crippen molar-refractivity contribution in [3.63, 3.8) is 0 Å². The van der Waals surface area contributed by atoms with Crippen molar-refractivity contribution in [1.82, 2.24) is 5.32 Å². The molecule has 0 heterocycles. The van der Waals surface area contributed by atoms with Gasteiger partial charge in [-0.2, -0.15) is 0 Å². The highest BCUT2D eigenvalue weighted by atomic mass is 16.3. The minimum atomic E-state index is 0.134. The summed E-state index contributed by atoms with van der Waals surface area (Å²) < 4.78 is 0. The zero-order chi connectivity index (χ0) is 12.8. The Balaban J connectivity index is 1.89. The van der Waals surface area contributed by atoms with Gasteiger partial charge in [0.15, 0.2) is 0 Å². The normalized spacial score (nSPS) is 24.1. The zero-order valence-electron chi connectivity index (χ0n) is 11.4. The summed E-state index contributed by atoms with van der Waals surface area (Å²) in [5.41, 5.74) is 2.28. The molecule has 1 aliphatic rings. The van der Waals surface area contributed by atoms with Gasteiger partial charge in [-0.1, -0.05) is 50.5 Å². The van der Waals surface area contributed by atoms with Crippen LogP contribution in [0.4, 0.5) is 0 Å². The monoisotopic (exact) mass is 247 g/mol. The fourth-order valence-electron chi connectivity index (χ4n) is 3.05. The van der Waals surface area contributed by atoms with Crippen molar-refractivity contribution >= 4 is 0 Å². The van der Waals surface area contributed by atoms with Gasteiger partial charge in [0.2, 0.25) is 0 Å². The summed E-state index contributed by atoms with van der Waals surface area (Å²) in [6.07, 6.45) is 6.75. The second-order valence-corrected chi connectivity index (χ2v) is 5.42. The molecule has 1 aromatic carbocycles. The highest BCUT2D eigenvalue weighted by Gasteiger charge is 2.22. The number of aliphatic hydroxyl groups is 1. The van der Waals surface area contributed by atoms with Crippen molar-refractivity contribution in [1.29, 1.82) is 0 Å². The van der Waals surface area contributed by atoms with E-state index in [1.54, 1.807) is 0 Å². The third-order valence-corrected chi connectivity index (χ3v) is 4.18. The Hall–Kier alpha value is -0.860. The second kappa shape index (κ2) is 6.91. The molecule has 1 saturated carbocycles. The summed E-state index contributed by atoms with van der Waals surface area (Å²) in [6.45, 7) is 3.36. The van der Waals surface area contributed by atoms with Gasteiger partial charge in [-0.05, 0) is 29.9 Å². The molecule has 0 aromatic heterocycles. The molecule has 2 N–H and O–H groups in total. The van der Waals surface area contributed by atoms with Crippen molar-refractivity contribution in [3.05, 3.63) is 35.4 Å². The smallest absolute Gasteiger partial charge is 0.0681 e. The van der Waals surface area contributed by atoms with Crippen LogP contribution in [0.3, 0.4) is 0 Å². The molecule has 0 saturated heterocycles. The Bertz CT molecular complexity index is 364. The Morgan fingerprint density at radius 2 is 2.00 bits per heavy atom. The summed E-state index contributed by atoms with van der Waals surface area (Å²) in [5, 5.41) is 12.8. The molecule has 2 rings (SSSR count). The van der Waals surface area contributed by atoms with Crippen LogP contribution in [0, 0.1) is 5.92 Å². The standard InChI is InChI=1S/C16H25NO/c1-2-15-8-3-4-9-16(15)17-11-13-6-5-7-14(10-13)12-18/h5-7,10,15-18H,2-4,8-9,11-12H2,1H3. The van der Waals surface area contributed by atoms with Crippen molar-refractivity contribution < 1.29 is 5.11 Å². The topological polar surface area (TPSA) is 32.3 Å². The van der Waals surface area contributed by atoms with E-state index in [2.05, 4.69) is 24.4 Å². The molecule has 1 aliphatic carbocycles. The summed E-state index contributed by atoms with van der Waals surface area (Å²) >= 11 is 0. The Morgan fingerprint density at radius 1 is 1.22 bits per heavy atom. The van der Waals surface area contributed by atoms with E-state index >= 15 is 0 Å². The van der Waals surface area contributed by atoms with Crippen molar-refractivity contribution in [2.75, 3.05) is 0 Å². The van der Waals surface area contributed by atoms with E-state index in [-0.39, 0.29) is 6.61 Å². The minimum absolute atomic E-state index is 0.134. The maximum Gasteiger partial charge on any atom is 0.0681 e. The van der Waals surface area contributed by atoms with Gasteiger partial charge in [-0.3, -0.25) is 0 Å². The molecule has 2 heteroatoms. The Morgan fingerprint density at radius 3 is 2.78 bits per heavy atom. The van der Waals surface area contributed by atoms with Crippen LogP contribution in [0.2, 0.25) is 0 Å². The third-order valence-electron chi connectivity index (χ3n) is 4.18. The molecule has 0 aliphatic heterocycles. The first-order valence-corrected chi connectivity index (χ1v) is 7.25. The number of nitrogens with one attached hydrogen (secondary N) is 1. The van der Waals surface area contributed by atoms with Crippen molar-refractivity contribution in [2.45, 2.75) is 58.2 Å². The van der Waals surface area contributed by atoms with Gasteiger partial charge in [0.25, 0.3) is 0 Å². The second-order valence-electron chi connectivity index (χ2n) is 5.42. The van der Waals surface area contributed by atoms with Crippen LogP contribution in [0.25, 0.3) is 0 Å². The highest BCUT2D eigenvalue weighted by Crippen LogP contribution is 2.27. The van der Waals surface area contributed by atoms with Gasteiger partial charge in [-0.15, -0.1) is 0 Å². The summed E-state index contributed by atoms with van der Waals surface area (Å²) in [4.78, 5) is 0. The van der Waals surface area contributed by atoms with E-state index in [0.717, 1.165) is 18.0 Å². The van der Waals surface area contributed by atoms with Crippen molar-refractivity contribution in [3.8, 4) is 0 Å². The van der Waals surface area contributed by atoms with Crippen LogP contribution in [0.5, 0.6) is 0 Å². The molecule has 0 bridgehead atoms. The van der Waals surface area contributed by atoms with Gasteiger partial charge < -0.3 is 10.4 Å². The average Bonchev–Trinajstić information content (AvgIpc) is 2.45. The fourth-order valence-corrected chi connectivity index (χ4v) is 3.05. The van der Waals surface area contributed by atoms with E-state index in [9.17, 15) is 0 Å². The van der Waals surface area contributed by atoms with Gasteiger partial charge in [0.05, 0.1) is 6.61 Å². The van der Waals surface area contributed by atoms with Gasteiger partial charge >= 0.3 is 0 Å². The molecule has 18 heavy (non-hydrogen) atoms. The average molecular weight is 247 g/mol. The molecule has 2 nitrogen and oxygen atoms in total. The predicted octanol–water partition coefficient (Wildman–Crippen LogP) is 3.24. The maximum atomic E-state index is 9.14. The first-order valence-electron chi connectivity index (χ1n) is 7.25. The highest BCUT2D eigenvalue weighted by molar-refractivity contribution is 5.22. The zero-order valence-corrected chi connectivity index (χ0v) is 11.4. The molecule has 0 spiro atoms. The number of hydrogen-bond acceptors (Lipinski definition) is 2. The summed E-state index contributed by atoms with van der Waals surface area (Å²) in [7, 11) is 0. The lowest BCUT2D eigenvalue weighted by atomic mass is 9.83. The van der Waals surface area contributed by atoms with Gasteiger partial charge in [0, 0.05) is 12.6 Å². The number of benzene rings is 1. The maximum absolute atomic E-state index is 9.14. The van der Waals surface area contributed by atoms with E-state index in [0.29, 0.717) is 6.04 Å². The van der Waals surface area contributed by atoms with Crippen LogP contribution in [0.1, 0.15) is 50.2 Å². The molecule has 2 unspecified atom stereocenters. The van der Waals surface area contributed by atoms with Crippen LogP contribution in [-0.2, 0) is 13.2 Å². The lowest BCUT2D eigenvalue weighted by molar-refractivity contribution is 0.254. The van der Waals surface area contributed by atoms with Crippen LogP contribution >= 0.6 is 0 Å². The molecule has 1 fully saturated rings. The third kappa shape index (κ3) is 3.56. The predicted molar refractivity (Wildman–Crippen MR) is 75.2 cm³/mol. The molecule has 0 amide bonds. The largest absolute Gasteiger partial charge is 0.392 e. The van der Waals surface area contributed by atoms with E-state index < -0.39 is 0 Å². The Labute approximate surface area is 110 Å². The van der Waals surface area contributed by atoms with E-state index in [4.69, 9.17) is 5.11 Å². The van der Waals surface area contributed by atoms with Gasteiger partial charge in [0.1, 0.15) is 0 Å². The van der Waals surface area contributed by atoms with Crippen LogP contribution in [0.15, 0.2) is 24.3 Å². The Kier molecular flexibility index (Phi) is 5.21. The first kappa shape index (κ1) is 13.6.